The van der Waals surface area contributed by atoms with Crippen LogP contribution in [-0.2, 0) is 0 Å². The van der Waals surface area contributed by atoms with E-state index in [1.54, 1.807) is 30.3 Å². The van der Waals surface area contributed by atoms with E-state index in [1.165, 1.54) is 12.1 Å². The zero-order valence-corrected chi connectivity index (χ0v) is 9.35. The molecule has 0 unspecified atom stereocenters. The average Bonchev–Trinajstić information content (AvgIpc) is 2.32. The Kier molecular flexibility index (Phi) is 3.25. The van der Waals surface area contributed by atoms with Gasteiger partial charge in [0.25, 0.3) is 0 Å². The lowest BCUT2D eigenvalue weighted by atomic mass is 10.3. The number of nitro benzene ring substituents is 1. The first-order valence-corrected chi connectivity index (χ1v) is 5.13. The summed E-state index contributed by atoms with van der Waals surface area (Å²) in [4.78, 5) is 10.2. The summed E-state index contributed by atoms with van der Waals surface area (Å²) in [5.41, 5.74) is -0.123. The summed E-state index contributed by atoms with van der Waals surface area (Å²) in [6.07, 6.45) is 0. The summed E-state index contributed by atoms with van der Waals surface area (Å²) in [5, 5.41) is 11.3. The van der Waals surface area contributed by atoms with Crippen LogP contribution in [-0.4, -0.2) is 4.92 Å². The first-order chi connectivity index (χ1) is 8.16. The minimum Gasteiger partial charge on any atom is -0.449 e. The summed E-state index contributed by atoms with van der Waals surface area (Å²) < 4.78 is 5.37. The number of nitro groups is 1. The lowest BCUT2D eigenvalue weighted by Crippen LogP contribution is -1.92. The van der Waals surface area contributed by atoms with Crippen molar-refractivity contribution >= 4 is 17.3 Å². The fourth-order valence-corrected chi connectivity index (χ4v) is 1.38. The van der Waals surface area contributed by atoms with Gasteiger partial charge in [-0.05, 0) is 30.3 Å². The molecule has 85 valence electrons. The van der Waals surface area contributed by atoms with Crippen LogP contribution in [0.2, 0.25) is 5.02 Å². The van der Waals surface area contributed by atoms with E-state index in [4.69, 9.17) is 16.3 Å². The highest BCUT2D eigenvalue weighted by Crippen LogP contribution is 2.30. The minimum absolute atomic E-state index is 0.0832. The van der Waals surface area contributed by atoms with Crippen LogP contribution in [0.15, 0.2) is 42.5 Å². The molecule has 2 aromatic carbocycles. The monoisotopic (exact) mass is 248 g/mol. The number of ether oxygens (including phenoxy) is 1. The molecule has 1 radical (unpaired) electrons. The molecule has 2 aromatic rings. The molecule has 17 heavy (non-hydrogen) atoms. The van der Waals surface area contributed by atoms with Gasteiger partial charge in [-0.25, -0.2) is 0 Å². The van der Waals surface area contributed by atoms with Crippen LogP contribution in [0.3, 0.4) is 0 Å². The van der Waals surface area contributed by atoms with E-state index < -0.39 is 4.92 Å². The topological polar surface area (TPSA) is 52.4 Å². The molecule has 0 aliphatic carbocycles. The third-order valence-corrected chi connectivity index (χ3v) is 2.28. The molecule has 0 aliphatic heterocycles. The molecule has 0 atom stereocenters. The largest absolute Gasteiger partial charge is 0.449 e. The second-order valence-corrected chi connectivity index (χ2v) is 3.63. The molecule has 0 bridgehead atoms. The van der Waals surface area contributed by atoms with Crippen molar-refractivity contribution in [3.63, 3.8) is 0 Å². The zero-order chi connectivity index (χ0) is 12.3. The number of para-hydroxylation sites is 1. The van der Waals surface area contributed by atoms with Crippen LogP contribution < -0.4 is 4.74 Å². The highest BCUT2D eigenvalue weighted by molar-refractivity contribution is 6.30. The Labute approximate surface area is 103 Å². The molecule has 4 nitrogen and oxygen atoms in total. The number of benzene rings is 2. The third kappa shape index (κ3) is 2.73. The van der Waals surface area contributed by atoms with Gasteiger partial charge in [-0.2, -0.15) is 0 Å². The highest BCUT2D eigenvalue weighted by Gasteiger charge is 2.14. The smallest absolute Gasteiger partial charge is 0.312 e. The summed E-state index contributed by atoms with van der Waals surface area (Å²) in [6.45, 7) is 0. The van der Waals surface area contributed by atoms with E-state index in [-0.39, 0.29) is 11.4 Å². The number of hydrogen-bond donors (Lipinski definition) is 0. The summed E-state index contributed by atoms with van der Waals surface area (Å²) >= 11 is 5.72. The fourth-order valence-electron chi connectivity index (χ4n) is 1.26. The predicted octanol–water partition coefficient (Wildman–Crippen LogP) is 3.84. The highest BCUT2D eigenvalue weighted by atomic mass is 35.5. The van der Waals surface area contributed by atoms with Gasteiger partial charge in [-0.1, -0.05) is 17.7 Å². The molecule has 5 heteroatoms. The molecule has 0 spiro atoms. The Hall–Kier alpha value is -2.07. The predicted molar refractivity (Wildman–Crippen MR) is 63.5 cm³/mol. The number of rotatable bonds is 3. The average molecular weight is 249 g/mol. The van der Waals surface area contributed by atoms with Gasteiger partial charge in [-0.15, -0.1) is 0 Å². The summed E-state index contributed by atoms with van der Waals surface area (Å²) in [5.74, 6) is 0.555. The second kappa shape index (κ2) is 4.84. The van der Waals surface area contributed by atoms with E-state index in [0.717, 1.165) is 0 Å². The molecule has 0 aliphatic rings. The van der Waals surface area contributed by atoms with Crippen molar-refractivity contribution in [2.75, 3.05) is 0 Å². The van der Waals surface area contributed by atoms with Crippen LogP contribution in [0.1, 0.15) is 0 Å². The fraction of sp³-hybridized carbons (Fsp3) is 0. The molecular weight excluding hydrogens is 242 g/mol. The van der Waals surface area contributed by atoms with Crippen molar-refractivity contribution in [3.8, 4) is 11.5 Å². The van der Waals surface area contributed by atoms with Gasteiger partial charge >= 0.3 is 5.69 Å². The molecule has 0 saturated heterocycles. The van der Waals surface area contributed by atoms with Crippen molar-refractivity contribution < 1.29 is 9.66 Å². The van der Waals surface area contributed by atoms with Gasteiger partial charge < -0.3 is 4.74 Å². The van der Waals surface area contributed by atoms with Crippen molar-refractivity contribution in [3.05, 3.63) is 63.7 Å². The number of hydrogen-bond acceptors (Lipinski definition) is 3. The van der Waals surface area contributed by atoms with E-state index in [2.05, 4.69) is 6.07 Å². The van der Waals surface area contributed by atoms with Crippen LogP contribution in [0, 0.1) is 16.2 Å². The molecule has 0 N–H and O–H groups in total. The van der Waals surface area contributed by atoms with E-state index in [0.29, 0.717) is 10.8 Å². The lowest BCUT2D eigenvalue weighted by molar-refractivity contribution is -0.385. The molecule has 2 rings (SSSR count). The standard InChI is InChI=1S/C12H7ClNO3/c13-9-5-7-10(8-6-9)17-12-4-2-1-3-11(12)14(15)16/h1-3,5-8H. The Morgan fingerprint density at radius 2 is 1.94 bits per heavy atom. The molecule has 0 amide bonds. The molecule has 0 saturated carbocycles. The first-order valence-electron chi connectivity index (χ1n) is 4.75. The second-order valence-electron chi connectivity index (χ2n) is 3.20. The molecule has 0 fully saturated rings. The van der Waals surface area contributed by atoms with Crippen LogP contribution >= 0.6 is 11.6 Å². The number of nitrogens with zero attached hydrogens (tertiary/aromatic N) is 1. The van der Waals surface area contributed by atoms with E-state index in [9.17, 15) is 10.1 Å². The molecule has 0 aromatic heterocycles. The van der Waals surface area contributed by atoms with Crippen LogP contribution in [0.5, 0.6) is 11.5 Å². The maximum atomic E-state index is 10.8. The van der Waals surface area contributed by atoms with Gasteiger partial charge in [0.1, 0.15) is 5.75 Å². The van der Waals surface area contributed by atoms with Gasteiger partial charge in [-0.3, -0.25) is 10.1 Å². The SMILES string of the molecule is O=[N+]([O-])c1ccc[c]c1Oc1ccc(Cl)cc1. The first kappa shape index (κ1) is 11.4. The maximum absolute atomic E-state index is 10.8. The Morgan fingerprint density at radius 1 is 1.24 bits per heavy atom. The Morgan fingerprint density at radius 3 is 2.59 bits per heavy atom. The lowest BCUT2D eigenvalue weighted by Gasteiger charge is -2.05. The van der Waals surface area contributed by atoms with Gasteiger partial charge in [0.2, 0.25) is 5.75 Å². The third-order valence-electron chi connectivity index (χ3n) is 2.03. The van der Waals surface area contributed by atoms with Crippen molar-refractivity contribution in [2.24, 2.45) is 0 Å². The normalized spacial score (nSPS) is 9.94. The van der Waals surface area contributed by atoms with Crippen molar-refractivity contribution in [1.82, 2.24) is 0 Å². The van der Waals surface area contributed by atoms with Crippen LogP contribution in [0.4, 0.5) is 5.69 Å². The quantitative estimate of drug-likeness (QED) is 0.612. The number of halogens is 1. The zero-order valence-electron chi connectivity index (χ0n) is 8.59. The maximum Gasteiger partial charge on any atom is 0.312 e. The molecule has 0 heterocycles. The molecular formula is C12H7ClNO3. The summed E-state index contributed by atoms with van der Waals surface area (Å²) in [6, 6.07) is 13.7. The van der Waals surface area contributed by atoms with E-state index >= 15 is 0 Å². The van der Waals surface area contributed by atoms with E-state index in [1.807, 2.05) is 0 Å². The Balaban J connectivity index is 2.30. The minimum atomic E-state index is -0.512. The van der Waals surface area contributed by atoms with Crippen molar-refractivity contribution in [2.45, 2.75) is 0 Å². The van der Waals surface area contributed by atoms with Crippen molar-refractivity contribution in [1.29, 1.82) is 0 Å². The van der Waals surface area contributed by atoms with Gasteiger partial charge in [0, 0.05) is 17.2 Å². The Bertz CT molecular complexity index is 540. The van der Waals surface area contributed by atoms with Gasteiger partial charge in [0.05, 0.1) is 4.92 Å². The summed E-state index contributed by atoms with van der Waals surface area (Å²) in [7, 11) is 0. The van der Waals surface area contributed by atoms with Crippen LogP contribution in [0.25, 0.3) is 0 Å². The van der Waals surface area contributed by atoms with Gasteiger partial charge in [0.15, 0.2) is 0 Å².